The van der Waals surface area contributed by atoms with E-state index in [0.717, 1.165) is 0 Å². The Labute approximate surface area is 204 Å². The number of carbonyl (C=O) groups excluding carboxylic acids is 4. The monoisotopic (exact) mass is 482 g/mol. The zero-order valence-corrected chi connectivity index (χ0v) is 19.5. The summed E-state index contributed by atoms with van der Waals surface area (Å²) in [4.78, 5) is 52.4. The minimum Gasteiger partial charge on any atom is -0.285 e. The predicted octanol–water partition coefficient (Wildman–Crippen LogP) is 6.62. The van der Waals surface area contributed by atoms with Crippen LogP contribution in [0.2, 0.25) is 0 Å². The van der Waals surface area contributed by atoms with Crippen LogP contribution in [0.1, 0.15) is 41.4 Å². The van der Waals surface area contributed by atoms with Crippen LogP contribution in [0, 0.1) is 0 Å². The van der Waals surface area contributed by atoms with E-state index in [1.165, 1.54) is 21.6 Å². The third-order valence-corrected chi connectivity index (χ3v) is 7.45. The maximum atomic E-state index is 12.9. The fourth-order valence-electron chi connectivity index (χ4n) is 3.23. The molecule has 0 spiro atoms. The van der Waals surface area contributed by atoms with Crippen molar-refractivity contribution in [2.24, 2.45) is 0 Å². The molecular formula is C28H18O4S2. The van der Waals surface area contributed by atoms with E-state index in [-0.39, 0.29) is 11.1 Å². The average molecular weight is 483 g/mol. The van der Waals surface area contributed by atoms with E-state index in [1.54, 1.807) is 109 Å². The summed E-state index contributed by atoms with van der Waals surface area (Å²) in [6.45, 7) is 0. The Balaban J connectivity index is 1.56. The van der Waals surface area contributed by atoms with Gasteiger partial charge < -0.3 is 0 Å². The molecule has 0 atom stereocenters. The highest BCUT2D eigenvalue weighted by molar-refractivity contribution is 8.76. The van der Waals surface area contributed by atoms with Gasteiger partial charge in [-0.1, -0.05) is 107 Å². The van der Waals surface area contributed by atoms with Gasteiger partial charge in [-0.2, -0.15) is 0 Å². The fraction of sp³-hybridized carbons (Fsp3) is 0. The molecule has 34 heavy (non-hydrogen) atoms. The van der Waals surface area contributed by atoms with E-state index in [0.29, 0.717) is 20.9 Å². The Morgan fingerprint density at radius 1 is 0.382 bits per heavy atom. The molecular weight excluding hydrogens is 464 g/mol. The second-order valence-electron chi connectivity index (χ2n) is 7.21. The van der Waals surface area contributed by atoms with Crippen LogP contribution in [0.15, 0.2) is 119 Å². The topological polar surface area (TPSA) is 68.3 Å². The SMILES string of the molecule is O=C(C(=O)c1ccccc1SSc1ccccc1C(=O)C(=O)c1ccccc1)c1ccccc1. The molecule has 0 amide bonds. The average Bonchev–Trinajstić information content (AvgIpc) is 2.91. The van der Waals surface area contributed by atoms with Gasteiger partial charge in [0.05, 0.1) is 0 Å². The van der Waals surface area contributed by atoms with Gasteiger partial charge in [0.15, 0.2) is 0 Å². The van der Waals surface area contributed by atoms with E-state index < -0.39 is 23.1 Å². The van der Waals surface area contributed by atoms with Gasteiger partial charge in [-0.15, -0.1) is 0 Å². The first kappa shape index (κ1) is 23.4. The molecule has 0 heterocycles. The highest BCUT2D eigenvalue weighted by Crippen LogP contribution is 2.41. The summed E-state index contributed by atoms with van der Waals surface area (Å²) in [6, 6.07) is 30.5. The van der Waals surface area contributed by atoms with Crippen LogP contribution in [0.3, 0.4) is 0 Å². The number of rotatable bonds is 9. The lowest BCUT2D eigenvalue weighted by atomic mass is 10.0. The molecule has 4 nitrogen and oxygen atoms in total. The summed E-state index contributed by atoms with van der Waals surface area (Å²) in [5, 5.41) is 0. The molecule has 4 aromatic rings. The van der Waals surface area contributed by atoms with Crippen LogP contribution in [0.5, 0.6) is 0 Å². The van der Waals surface area contributed by atoms with Gasteiger partial charge in [0.2, 0.25) is 23.1 Å². The molecule has 166 valence electrons. The summed E-state index contributed by atoms with van der Waals surface area (Å²) in [5.74, 6) is -2.36. The molecule has 0 N–H and O–H groups in total. The number of hydrogen-bond acceptors (Lipinski definition) is 6. The second-order valence-corrected chi connectivity index (χ2v) is 9.42. The van der Waals surface area contributed by atoms with Crippen molar-refractivity contribution in [2.75, 3.05) is 0 Å². The molecule has 0 bridgehead atoms. The third-order valence-electron chi connectivity index (χ3n) is 4.97. The molecule has 0 saturated heterocycles. The zero-order valence-electron chi connectivity index (χ0n) is 17.8. The lowest BCUT2D eigenvalue weighted by Crippen LogP contribution is -2.15. The number of Topliss-reactive ketones (excluding diaryl/α,β-unsaturated/α-hetero) is 4. The Hall–Kier alpha value is -3.74. The molecule has 0 saturated carbocycles. The van der Waals surface area contributed by atoms with Gasteiger partial charge in [-0.3, -0.25) is 19.2 Å². The summed E-state index contributed by atoms with van der Waals surface area (Å²) in [5.41, 5.74) is 1.24. The first-order valence-corrected chi connectivity index (χ1v) is 12.5. The number of hydrogen-bond donors (Lipinski definition) is 0. The van der Waals surface area contributed by atoms with Crippen molar-refractivity contribution in [3.63, 3.8) is 0 Å². The Kier molecular flexibility index (Phi) is 7.52. The summed E-state index contributed by atoms with van der Waals surface area (Å²) < 4.78 is 0. The summed E-state index contributed by atoms with van der Waals surface area (Å²) in [7, 11) is 2.52. The largest absolute Gasteiger partial charge is 0.285 e. The molecule has 0 radical (unpaired) electrons. The molecule has 0 aliphatic rings. The predicted molar refractivity (Wildman–Crippen MR) is 135 cm³/mol. The number of benzene rings is 4. The van der Waals surface area contributed by atoms with Crippen LogP contribution in [0.4, 0.5) is 0 Å². The molecule has 0 aliphatic heterocycles. The molecule has 0 unspecified atom stereocenters. The van der Waals surface area contributed by atoms with Gasteiger partial charge in [-0.25, -0.2) is 0 Å². The molecule has 4 rings (SSSR count). The van der Waals surface area contributed by atoms with Crippen molar-refractivity contribution in [2.45, 2.75) is 9.79 Å². The van der Waals surface area contributed by atoms with E-state index in [9.17, 15) is 19.2 Å². The Morgan fingerprint density at radius 2 is 0.706 bits per heavy atom. The standard InChI is InChI=1S/C28H18O4S2/c29-25(19-11-3-1-4-12-19)27(31)21-15-7-9-17-23(21)33-34-24-18-10-8-16-22(24)28(32)26(30)20-13-5-2-6-14-20/h1-18H. The van der Waals surface area contributed by atoms with Crippen LogP contribution in [-0.4, -0.2) is 23.1 Å². The van der Waals surface area contributed by atoms with Crippen molar-refractivity contribution in [1.29, 1.82) is 0 Å². The van der Waals surface area contributed by atoms with Crippen molar-refractivity contribution >= 4 is 44.7 Å². The molecule has 0 aromatic heterocycles. The van der Waals surface area contributed by atoms with Gasteiger partial charge in [0.25, 0.3) is 0 Å². The summed E-state index contributed by atoms with van der Waals surface area (Å²) >= 11 is 0. The maximum Gasteiger partial charge on any atom is 0.234 e. The lowest BCUT2D eigenvalue weighted by molar-refractivity contribution is 0.0815. The van der Waals surface area contributed by atoms with Gasteiger partial charge >= 0.3 is 0 Å². The molecule has 0 fully saturated rings. The van der Waals surface area contributed by atoms with Crippen LogP contribution in [-0.2, 0) is 0 Å². The van der Waals surface area contributed by atoms with E-state index in [4.69, 9.17) is 0 Å². The van der Waals surface area contributed by atoms with Crippen molar-refractivity contribution in [1.82, 2.24) is 0 Å². The fourth-order valence-corrected chi connectivity index (χ4v) is 5.59. The van der Waals surface area contributed by atoms with Gasteiger partial charge in [0, 0.05) is 32.0 Å². The third kappa shape index (κ3) is 5.25. The Bertz CT molecular complexity index is 1260. The first-order valence-electron chi connectivity index (χ1n) is 10.4. The van der Waals surface area contributed by atoms with Crippen LogP contribution < -0.4 is 0 Å². The van der Waals surface area contributed by atoms with Crippen LogP contribution in [0.25, 0.3) is 0 Å². The Morgan fingerprint density at radius 3 is 1.09 bits per heavy atom. The number of carbonyl (C=O) groups is 4. The number of ketones is 4. The quantitative estimate of drug-likeness (QED) is 0.152. The molecule has 0 aliphatic carbocycles. The lowest BCUT2D eigenvalue weighted by Gasteiger charge is -2.10. The highest BCUT2D eigenvalue weighted by Gasteiger charge is 2.23. The first-order chi connectivity index (χ1) is 16.6. The van der Waals surface area contributed by atoms with Crippen molar-refractivity contribution in [3.8, 4) is 0 Å². The molecule has 6 heteroatoms. The van der Waals surface area contributed by atoms with Crippen LogP contribution >= 0.6 is 21.6 Å². The minimum atomic E-state index is -0.599. The zero-order chi connectivity index (χ0) is 23.9. The van der Waals surface area contributed by atoms with E-state index in [2.05, 4.69) is 0 Å². The van der Waals surface area contributed by atoms with Crippen molar-refractivity contribution < 1.29 is 19.2 Å². The normalized spacial score (nSPS) is 10.5. The van der Waals surface area contributed by atoms with Gasteiger partial charge in [-0.05, 0) is 24.3 Å². The second kappa shape index (κ2) is 10.9. The smallest absolute Gasteiger partial charge is 0.234 e. The van der Waals surface area contributed by atoms with E-state index in [1.807, 2.05) is 0 Å². The molecule has 4 aromatic carbocycles. The van der Waals surface area contributed by atoms with Gasteiger partial charge in [0.1, 0.15) is 0 Å². The summed E-state index contributed by atoms with van der Waals surface area (Å²) in [6.07, 6.45) is 0. The van der Waals surface area contributed by atoms with E-state index >= 15 is 0 Å². The highest BCUT2D eigenvalue weighted by atomic mass is 33.1. The maximum absolute atomic E-state index is 12.9. The minimum absolute atomic E-state index is 0.290. The van der Waals surface area contributed by atoms with Crippen molar-refractivity contribution in [3.05, 3.63) is 131 Å².